The van der Waals surface area contributed by atoms with Gasteiger partial charge in [-0.05, 0) is 12.8 Å². The number of esters is 1. The number of nitrogens with one attached hydrogen (secondary N) is 1. The fourth-order valence-electron chi connectivity index (χ4n) is 3.13. The zero-order valence-corrected chi connectivity index (χ0v) is 8.22. The first-order chi connectivity index (χ1) is 5.86. The van der Waals surface area contributed by atoms with Crippen LogP contribution in [0.2, 0.25) is 0 Å². The molecule has 3 heterocycles. The molecule has 0 radical (unpaired) electrons. The zero-order valence-electron chi connectivity index (χ0n) is 7.46. The zero-order chi connectivity index (χ0) is 8.13. The van der Waals surface area contributed by atoms with E-state index in [1.165, 1.54) is 19.5 Å². The third-order valence-corrected chi connectivity index (χ3v) is 3.64. The minimum absolute atomic E-state index is 0. The van der Waals surface area contributed by atoms with Crippen molar-refractivity contribution in [3.05, 3.63) is 0 Å². The first-order valence-electron chi connectivity index (χ1n) is 4.91. The summed E-state index contributed by atoms with van der Waals surface area (Å²) in [6, 6.07) is 0.534. The lowest BCUT2D eigenvalue weighted by atomic mass is 9.91. The van der Waals surface area contributed by atoms with E-state index in [-0.39, 0.29) is 30.4 Å². The average molecular weight is 204 g/mol. The molecule has 13 heavy (non-hydrogen) atoms. The molecule has 3 aliphatic heterocycles. The summed E-state index contributed by atoms with van der Waals surface area (Å²) in [6.45, 7) is 2.48. The van der Waals surface area contributed by atoms with Gasteiger partial charge in [-0.3, -0.25) is 4.79 Å². The van der Waals surface area contributed by atoms with Crippen LogP contribution < -0.4 is 17.3 Å². The maximum atomic E-state index is 11.4. The van der Waals surface area contributed by atoms with Crippen LogP contribution in [0.3, 0.4) is 0 Å². The van der Waals surface area contributed by atoms with Crippen LogP contribution in [0.15, 0.2) is 0 Å². The molecule has 1 N–H and O–H groups in total. The molecule has 4 heteroatoms. The molecular formula is C9H14ClNO2. The van der Waals surface area contributed by atoms with Crippen molar-refractivity contribution in [2.75, 3.05) is 13.1 Å². The molecule has 0 aromatic rings. The van der Waals surface area contributed by atoms with Gasteiger partial charge in [-0.25, -0.2) is 0 Å². The summed E-state index contributed by atoms with van der Waals surface area (Å²) in [4.78, 5) is 13.0. The van der Waals surface area contributed by atoms with E-state index >= 15 is 0 Å². The van der Waals surface area contributed by atoms with Gasteiger partial charge in [-0.2, -0.15) is 0 Å². The van der Waals surface area contributed by atoms with Gasteiger partial charge in [0.05, 0.1) is 13.1 Å². The largest absolute Gasteiger partial charge is 1.00 e. The van der Waals surface area contributed by atoms with Gasteiger partial charge in [0.2, 0.25) is 0 Å². The highest BCUT2D eigenvalue weighted by Crippen LogP contribution is 2.30. The number of rotatable bonds is 0. The third kappa shape index (κ3) is 1.17. The van der Waals surface area contributed by atoms with Crippen LogP contribution in [0, 0.1) is 5.92 Å². The molecule has 74 valence electrons. The molecule has 0 spiro atoms. The third-order valence-electron chi connectivity index (χ3n) is 3.64. The van der Waals surface area contributed by atoms with Crippen molar-refractivity contribution in [3.8, 4) is 0 Å². The number of hydrogen-bond donors (Lipinski definition) is 1. The second-order valence-corrected chi connectivity index (χ2v) is 4.20. The fourth-order valence-corrected chi connectivity index (χ4v) is 3.13. The van der Waals surface area contributed by atoms with Gasteiger partial charge in [-0.15, -0.1) is 0 Å². The van der Waals surface area contributed by atoms with E-state index in [4.69, 9.17) is 4.74 Å². The van der Waals surface area contributed by atoms with Crippen LogP contribution in [-0.2, 0) is 9.53 Å². The predicted molar refractivity (Wildman–Crippen MR) is 41.7 cm³/mol. The number of carbonyl (C=O) groups excluding carboxylic acids is 1. The van der Waals surface area contributed by atoms with Gasteiger partial charge in [0.1, 0.15) is 12.0 Å². The summed E-state index contributed by atoms with van der Waals surface area (Å²) in [5.74, 6) is 0.336. The number of ether oxygens (including phenoxy) is 1. The quantitative estimate of drug-likeness (QED) is 0.407. The van der Waals surface area contributed by atoms with Crippen molar-refractivity contribution >= 4 is 5.97 Å². The molecule has 3 nitrogen and oxygen atoms in total. The van der Waals surface area contributed by atoms with E-state index in [1.807, 2.05) is 0 Å². The first kappa shape index (κ1) is 9.28. The topological polar surface area (TPSA) is 30.7 Å². The summed E-state index contributed by atoms with van der Waals surface area (Å²) in [5, 5.41) is 0. The predicted octanol–water partition coefficient (Wildman–Crippen LogP) is -4.02. The number of halogens is 1. The number of hydrogen-bond acceptors (Lipinski definition) is 2. The highest BCUT2D eigenvalue weighted by molar-refractivity contribution is 5.75. The van der Waals surface area contributed by atoms with Gasteiger partial charge in [-0.1, -0.05) is 0 Å². The lowest BCUT2D eigenvalue weighted by molar-refractivity contribution is -0.920. The molecule has 0 aliphatic carbocycles. The molecule has 0 bridgehead atoms. The molecule has 3 aliphatic rings. The Morgan fingerprint density at radius 2 is 2.15 bits per heavy atom. The molecule has 3 rings (SSSR count). The van der Waals surface area contributed by atoms with E-state index in [0.29, 0.717) is 6.04 Å². The lowest BCUT2D eigenvalue weighted by Gasteiger charge is -2.27. The second-order valence-electron chi connectivity index (χ2n) is 4.20. The van der Waals surface area contributed by atoms with Gasteiger partial charge < -0.3 is 22.0 Å². The van der Waals surface area contributed by atoms with Gasteiger partial charge in [0.15, 0.2) is 6.10 Å². The van der Waals surface area contributed by atoms with Gasteiger partial charge >= 0.3 is 5.97 Å². The minimum Gasteiger partial charge on any atom is -1.00 e. The van der Waals surface area contributed by atoms with E-state index in [9.17, 15) is 4.79 Å². The van der Waals surface area contributed by atoms with Gasteiger partial charge in [0, 0.05) is 6.42 Å². The summed E-state index contributed by atoms with van der Waals surface area (Å²) in [5.41, 5.74) is 0. The van der Waals surface area contributed by atoms with Crippen molar-refractivity contribution < 1.29 is 26.8 Å². The SMILES string of the molecule is O=C1O[C@@H]2CC[NH+]3CCC[C@H]1[C@H]23.[Cl-]. The lowest BCUT2D eigenvalue weighted by Crippen LogP contribution is -3.15. The summed E-state index contributed by atoms with van der Waals surface area (Å²) < 4.78 is 5.34. The standard InChI is InChI=1S/C9H13NO2.ClH/c11-9-6-2-1-4-10-5-3-7(12-9)8(6)10;/h6-8H,1-5H2;1H/t6-,7+,8+;/m0./s1. The van der Waals surface area contributed by atoms with Crippen LogP contribution in [-0.4, -0.2) is 31.2 Å². The first-order valence-corrected chi connectivity index (χ1v) is 4.91. The normalized spacial score (nSPS) is 46.6. The summed E-state index contributed by atoms with van der Waals surface area (Å²) >= 11 is 0. The van der Waals surface area contributed by atoms with Crippen molar-refractivity contribution in [2.45, 2.75) is 31.4 Å². The van der Waals surface area contributed by atoms with E-state index in [0.717, 1.165) is 12.8 Å². The molecule has 1 unspecified atom stereocenters. The molecule has 0 aromatic carbocycles. The highest BCUT2D eigenvalue weighted by atomic mass is 35.5. The Hall–Kier alpha value is -0.280. The molecular weight excluding hydrogens is 190 g/mol. The molecule has 4 atom stereocenters. The molecule has 0 amide bonds. The van der Waals surface area contributed by atoms with Crippen LogP contribution in [0.1, 0.15) is 19.3 Å². The number of quaternary nitrogens is 1. The molecule has 0 saturated carbocycles. The van der Waals surface area contributed by atoms with Crippen molar-refractivity contribution in [1.29, 1.82) is 0 Å². The molecule has 3 fully saturated rings. The Morgan fingerprint density at radius 1 is 1.31 bits per heavy atom. The van der Waals surface area contributed by atoms with Crippen molar-refractivity contribution in [2.24, 2.45) is 5.92 Å². The monoisotopic (exact) mass is 203 g/mol. The smallest absolute Gasteiger partial charge is 0.315 e. The summed E-state index contributed by atoms with van der Waals surface area (Å²) in [6.07, 6.45) is 3.65. The maximum absolute atomic E-state index is 11.4. The van der Waals surface area contributed by atoms with Crippen LogP contribution in [0.5, 0.6) is 0 Å². The molecule has 0 aromatic heterocycles. The Kier molecular flexibility index (Phi) is 2.24. The van der Waals surface area contributed by atoms with Crippen molar-refractivity contribution in [1.82, 2.24) is 0 Å². The van der Waals surface area contributed by atoms with E-state index in [1.54, 1.807) is 4.90 Å². The average Bonchev–Trinajstić information content (AvgIpc) is 2.61. The Balaban J connectivity index is 0.000000653. The highest BCUT2D eigenvalue weighted by Gasteiger charge is 2.55. The van der Waals surface area contributed by atoms with E-state index < -0.39 is 0 Å². The maximum Gasteiger partial charge on any atom is 0.315 e. The molecule has 3 saturated heterocycles. The number of piperidine rings is 1. The van der Waals surface area contributed by atoms with Crippen LogP contribution in [0.4, 0.5) is 0 Å². The second kappa shape index (κ2) is 3.14. The summed E-state index contributed by atoms with van der Waals surface area (Å²) in [7, 11) is 0. The van der Waals surface area contributed by atoms with Crippen LogP contribution in [0.25, 0.3) is 0 Å². The van der Waals surface area contributed by atoms with Crippen molar-refractivity contribution in [3.63, 3.8) is 0 Å². The van der Waals surface area contributed by atoms with E-state index in [2.05, 4.69) is 0 Å². The number of carbonyl (C=O) groups is 1. The Labute approximate surface area is 83.8 Å². The van der Waals surface area contributed by atoms with Crippen LogP contribution >= 0.6 is 0 Å². The Morgan fingerprint density at radius 3 is 3.00 bits per heavy atom. The minimum atomic E-state index is 0. The Bertz CT molecular complexity index is 232. The van der Waals surface area contributed by atoms with Gasteiger partial charge in [0.25, 0.3) is 0 Å². The fraction of sp³-hybridized carbons (Fsp3) is 0.889.